The van der Waals surface area contributed by atoms with Crippen LogP contribution in [0.4, 0.5) is 8.78 Å². The smallest absolute Gasteiger partial charge is 0.544 e. The number of carboxylic acid groups (broad SMARTS) is 1. The second-order valence-corrected chi connectivity index (χ2v) is 5.64. The number of carbonyl (C=O) groups excluding carboxylic acids is 4. The van der Waals surface area contributed by atoms with Gasteiger partial charge in [-0.3, -0.25) is 19.2 Å². The zero-order valence-electron chi connectivity index (χ0n) is 12.5. The molecule has 2 amide bonds. The van der Waals surface area contributed by atoms with Crippen LogP contribution in [0.15, 0.2) is 0 Å². The second-order valence-electron chi connectivity index (χ2n) is 4.67. The van der Waals surface area contributed by atoms with Crippen molar-refractivity contribution in [3.63, 3.8) is 0 Å². The predicted octanol–water partition coefficient (Wildman–Crippen LogP) is -5.01. The third-order valence-electron chi connectivity index (χ3n) is 3.14. The average Bonchev–Trinajstić information content (AvgIpc) is 3.02. The van der Waals surface area contributed by atoms with Crippen molar-refractivity contribution in [2.24, 2.45) is 0 Å². The van der Waals surface area contributed by atoms with Gasteiger partial charge in [0.1, 0.15) is 18.6 Å². The number of esters is 1. The molecule has 2 aliphatic heterocycles. The maximum absolute atomic E-state index is 12.1. The number of thioether (sulfide) groups is 1. The van der Waals surface area contributed by atoms with Crippen LogP contribution >= 0.6 is 11.8 Å². The summed E-state index contributed by atoms with van der Waals surface area (Å²) in [5.74, 6) is -7.82. The molecule has 24 heavy (non-hydrogen) atoms. The number of nitrogens with one attached hydrogen (secondary N) is 1. The summed E-state index contributed by atoms with van der Waals surface area (Å²) in [5.41, 5.74) is -2.38. The molecule has 2 aliphatic rings. The second kappa shape index (κ2) is 8.43. The Hall–Kier alpha value is -0.950. The van der Waals surface area contributed by atoms with E-state index in [1.807, 2.05) is 0 Å². The molecule has 2 fully saturated rings. The number of rotatable bonds is 6. The van der Waals surface area contributed by atoms with E-state index in [9.17, 15) is 33.1 Å². The van der Waals surface area contributed by atoms with Crippen molar-refractivity contribution in [1.29, 1.82) is 0 Å². The van der Waals surface area contributed by atoms with E-state index in [0.717, 1.165) is 0 Å². The Kier molecular flexibility index (Phi) is 7.41. The number of carbonyl (C=O) groups is 4. The number of cyclic esters (lactones) is 1. The van der Waals surface area contributed by atoms with Gasteiger partial charge in [0.15, 0.2) is 0 Å². The minimum atomic E-state index is -2.74. The molecule has 0 spiro atoms. The van der Waals surface area contributed by atoms with Crippen molar-refractivity contribution in [2.45, 2.75) is 30.4 Å². The third kappa shape index (κ3) is 4.36. The van der Waals surface area contributed by atoms with Crippen molar-refractivity contribution in [2.75, 3.05) is 12.4 Å². The largest absolute Gasteiger partial charge is 1.00 e. The fourth-order valence-electron chi connectivity index (χ4n) is 2.12. The van der Waals surface area contributed by atoms with Crippen molar-refractivity contribution in [1.82, 2.24) is 10.4 Å². The number of nitrogens with zero attached hydrogens (tertiary/aromatic N) is 1. The molecule has 0 aromatic rings. The summed E-state index contributed by atoms with van der Waals surface area (Å²) in [6.07, 6.45) is -0.606. The number of hydrogen-bond acceptors (Lipinski definition) is 8. The van der Waals surface area contributed by atoms with Crippen LogP contribution in [-0.2, 0) is 28.8 Å². The maximum Gasteiger partial charge on any atom is 1.00 e. The molecular formula is C11H11F2N2NaO7S. The quantitative estimate of drug-likeness (QED) is 0.361. The Morgan fingerprint density at radius 3 is 2.62 bits per heavy atom. The van der Waals surface area contributed by atoms with Crippen molar-refractivity contribution in [3.05, 3.63) is 0 Å². The normalized spacial score (nSPS) is 26.3. The van der Waals surface area contributed by atoms with E-state index in [2.05, 4.69) is 10.1 Å². The molecule has 0 aromatic heterocycles. The molecule has 128 valence electrons. The van der Waals surface area contributed by atoms with E-state index in [0.29, 0.717) is 5.06 Å². The van der Waals surface area contributed by atoms with Crippen LogP contribution in [0.25, 0.3) is 0 Å². The molecule has 2 atom stereocenters. The zero-order valence-corrected chi connectivity index (χ0v) is 15.3. The summed E-state index contributed by atoms with van der Waals surface area (Å²) in [7, 11) is 0. The van der Waals surface area contributed by atoms with Gasteiger partial charge in [-0.05, 0) is 0 Å². The fourth-order valence-corrected chi connectivity index (χ4v) is 2.48. The van der Waals surface area contributed by atoms with E-state index in [4.69, 9.17) is 4.84 Å². The van der Waals surface area contributed by atoms with Crippen LogP contribution < -0.4 is 40.0 Å². The topological polar surface area (TPSA) is 125 Å². The average molecular weight is 376 g/mol. The molecule has 1 N–H and O–H groups in total. The van der Waals surface area contributed by atoms with E-state index in [-0.39, 0.29) is 54.2 Å². The summed E-state index contributed by atoms with van der Waals surface area (Å²) in [6.45, 7) is -0.420. The van der Waals surface area contributed by atoms with Crippen LogP contribution in [-0.4, -0.2) is 58.7 Å². The number of ether oxygens (including phenoxy) is 1. The first-order valence-corrected chi connectivity index (χ1v) is 7.40. The molecule has 0 bridgehead atoms. The molecule has 0 radical (unpaired) electrons. The van der Waals surface area contributed by atoms with Crippen molar-refractivity contribution < 1.29 is 72.2 Å². The Balaban J connectivity index is 0.00000288. The van der Waals surface area contributed by atoms with Crippen LogP contribution in [0.1, 0.15) is 12.8 Å². The first-order chi connectivity index (χ1) is 10.8. The molecule has 2 rings (SSSR count). The monoisotopic (exact) mass is 376 g/mol. The molecule has 2 saturated heterocycles. The van der Waals surface area contributed by atoms with E-state index in [1.54, 1.807) is 0 Å². The molecule has 13 heteroatoms. The third-order valence-corrected chi connectivity index (χ3v) is 3.82. The molecule has 0 aromatic carbocycles. The fraction of sp³-hybridized carbons (Fsp3) is 0.636. The molecule has 1 unspecified atom stereocenters. The Morgan fingerprint density at radius 2 is 2.12 bits per heavy atom. The van der Waals surface area contributed by atoms with Gasteiger partial charge in [-0.1, -0.05) is 11.8 Å². The summed E-state index contributed by atoms with van der Waals surface area (Å²) in [5, 5.41) is 13.8. The summed E-state index contributed by atoms with van der Waals surface area (Å²) in [6, 6.07) is -1.27. The van der Waals surface area contributed by atoms with Gasteiger partial charge in [0.2, 0.25) is 5.91 Å². The van der Waals surface area contributed by atoms with E-state index in [1.165, 1.54) is 0 Å². The summed E-state index contributed by atoms with van der Waals surface area (Å²) >= 11 is 0.0699. The minimum Gasteiger partial charge on any atom is -0.544 e. The standard InChI is InChI=1S/C11H12F2N2O7S.Na/c12-10(13)23-4-6(16)14-5-3-21-15(8(5)18)11(9(19)20)2-1-7(17)22-11;/h5,10H,1-4H2,(H,14,16)(H,19,20);/q;+1/p-1/t5-,11?;/m0./s1. The number of hydroxylamine groups is 2. The van der Waals surface area contributed by atoms with Gasteiger partial charge < -0.3 is 20.0 Å². The van der Waals surface area contributed by atoms with Gasteiger partial charge in [-0.25, -0.2) is 0 Å². The number of halogens is 2. The molecule has 9 nitrogen and oxygen atoms in total. The summed E-state index contributed by atoms with van der Waals surface area (Å²) in [4.78, 5) is 50.9. The van der Waals surface area contributed by atoms with Gasteiger partial charge in [0.05, 0.1) is 12.2 Å². The van der Waals surface area contributed by atoms with Crippen molar-refractivity contribution in [3.8, 4) is 0 Å². The van der Waals surface area contributed by atoms with Gasteiger partial charge >= 0.3 is 35.5 Å². The van der Waals surface area contributed by atoms with Crippen LogP contribution in [0.3, 0.4) is 0 Å². The Bertz CT molecular complexity index is 552. The van der Waals surface area contributed by atoms with E-state index < -0.39 is 53.6 Å². The number of alkyl halides is 2. The Labute approximate surface area is 160 Å². The number of amides is 2. The zero-order chi connectivity index (χ0) is 17.2. The van der Waals surface area contributed by atoms with Crippen LogP contribution in [0.5, 0.6) is 0 Å². The minimum absolute atomic E-state index is 0. The van der Waals surface area contributed by atoms with Gasteiger partial charge in [-0.15, -0.1) is 0 Å². The van der Waals surface area contributed by atoms with Crippen LogP contribution in [0.2, 0.25) is 0 Å². The first-order valence-electron chi connectivity index (χ1n) is 6.35. The number of aliphatic carboxylic acids is 1. The molecule has 2 heterocycles. The van der Waals surface area contributed by atoms with Gasteiger partial charge in [-0.2, -0.15) is 13.8 Å². The first kappa shape index (κ1) is 21.1. The number of hydrogen-bond donors (Lipinski definition) is 1. The predicted molar refractivity (Wildman–Crippen MR) is 66.3 cm³/mol. The molecular weight excluding hydrogens is 365 g/mol. The van der Waals surface area contributed by atoms with Crippen molar-refractivity contribution >= 4 is 35.5 Å². The maximum atomic E-state index is 12.1. The molecule has 0 aliphatic carbocycles. The summed E-state index contributed by atoms with van der Waals surface area (Å²) < 4.78 is 28.6. The Morgan fingerprint density at radius 1 is 1.46 bits per heavy atom. The van der Waals surface area contributed by atoms with Gasteiger partial charge in [0.25, 0.3) is 17.4 Å². The van der Waals surface area contributed by atoms with Gasteiger partial charge in [0, 0.05) is 6.42 Å². The van der Waals surface area contributed by atoms with Crippen LogP contribution in [0, 0.1) is 0 Å². The molecule has 0 saturated carbocycles. The SMILES string of the molecule is O=C(CSC(F)F)N[C@H]1CON(C2(C(=O)[O-])CCC(=O)O2)C1=O.[Na+]. The number of carboxylic acids is 1. The van der Waals surface area contributed by atoms with E-state index >= 15 is 0 Å².